The van der Waals surface area contributed by atoms with Gasteiger partial charge < -0.3 is 0 Å². The number of aryl methyl sites for hydroxylation is 1. The van der Waals surface area contributed by atoms with E-state index in [4.69, 9.17) is 0 Å². The molecule has 1 heteroatoms. The molecule has 0 radical (unpaired) electrons. The van der Waals surface area contributed by atoms with E-state index in [-0.39, 0.29) is 5.82 Å². The first-order valence-electron chi connectivity index (χ1n) is 13.5. The fourth-order valence-corrected chi connectivity index (χ4v) is 6.62. The number of unbranched alkanes of at least 4 members (excludes halogenated alkanes) is 3. The Hall–Kier alpha value is -1.63. The van der Waals surface area contributed by atoms with Gasteiger partial charge in [-0.05, 0) is 92.1 Å². The Morgan fingerprint density at radius 2 is 1.78 bits per heavy atom. The molecule has 2 aromatic rings. The third kappa shape index (κ3) is 5.64. The second-order valence-corrected chi connectivity index (χ2v) is 10.7. The molecule has 2 saturated carbocycles. The first-order valence-corrected chi connectivity index (χ1v) is 13.5. The van der Waals surface area contributed by atoms with Crippen LogP contribution in [0.5, 0.6) is 0 Å². The molecule has 0 N–H and O–H groups in total. The summed E-state index contributed by atoms with van der Waals surface area (Å²) in [5.74, 6) is 3.53. The van der Waals surface area contributed by atoms with E-state index >= 15 is 4.39 Å². The third-order valence-corrected chi connectivity index (χ3v) is 8.53. The minimum atomic E-state index is -0.0143. The molecule has 0 aromatic heterocycles. The van der Waals surface area contributed by atoms with Crippen molar-refractivity contribution in [3.8, 4) is 0 Å². The van der Waals surface area contributed by atoms with E-state index in [1.807, 2.05) is 19.1 Å². The van der Waals surface area contributed by atoms with Crippen LogP contribution < -0.4 is 0 Å². The minimum Gasteiger partial charge on any atom is -0.206 e. The quantitative estimate of drug-likeness (QED) is 0.272. The molecule has 2 aliphatic rings. The summed E-state index contributed by atoms with van der Waals surface area (Å²) < 4.78 is 15.0. The second kappa shape index (κ2) is 11.5. The number of benzene rings is 2. The molecule has 2 aromatic carbocycles. The summed E-state index contributed by atoms with van der Waals surface area (Å²) in [6.07, 6.45) is 21.4. The topological polar surface area (TPSA) is 0 Å². The predicted molar refractivity (Wildman–Crippen MR) is 137 cm³/mol. The van der Waals surface area contributed by atoms with Crippen molar-refractivity contribution >= 4 is 10.8 Å². The van der Waals surface area contributed by atoms with E-state index in [1.54, 1.807) is 0 Å². The molecule has 0 aliphatic heterocycles. The lowest BCUT2D eigenvalue weighted by molar-refractivity contribution is 0.113. The van der Waals surface area contributed by atoms with Gasteiger partial charge in [-0.1, -0.05) is 87.9 Å². The molecule has 4 unspecified atom stereocenters. The molecule has 0 nitrogen and oxygen atoms in total. The molecule has 4 rings (SSSR count). The first kappa shape index (κ1) is 23.5. The zero-order chi connectivity index (χ0) is 22.3. The molecule has 32 heavy (non-hydrogen) atoms. The third-order valence-electron chi connectivity index (χ3n) is 8.53. The Balaban J connectivity index is 1.37. The Morgan fingerprint density at radius 1 is 0.938 bits per heavy atom. The maximum absolute atomic E-state index is 15.0. The van der Waals surface area contributed by atoms with Crippen molar-refractivity contribution in [2.24, 2.45) is 17.8 Å². The van der Waals surface area contributed by atoms with Crippen molar-refractivity contribution in [2.45, 2.75) is 103 Å². The number of fused-ring (bicyclic) bond motifs is 2. The molecule has 0 bridgehead atoms. The van der Waals surface area contributed by atoms with E-state index in [2.05, 4.69) is 37.3 Å². The minimum absolute atomic E-state index is 0.0143. The standard InChI is InChI=1S/C31H43F/c1-3-5-7-9-10-23-12-13-26-21-27(16-15-25(26)20-23)28-18-19-30-29(22-28)17-14-24(31(30)32)11-8-6-4-2/h4,6,14,17-19,22-23,25-27H,3,5,7-13,15-16,20-21H2,1-2H3/b6-4+. The number of allylic oxidation sites excluding steroid dienone is 2. The van der Waals surface area contributed by atoms with Gasteiger partial charge in [0.1, 0.15) is 5.82 Å². The van der Waals surface area contributed by atoms with Crippen LogP contribution in [0, 0.1) is 23.6 Å². The molecule has 2 fully saturated rings. The fourth-order valence-electron chi connectivity index (χ4n) is 6.62. The van der Waals surface area contributed by atoms with Crippen LogP contribution in [0.3, 0.4) is 0 Å². The lowest BCUT2D eigenvalue weighted by atomic mass is 9.63. The Kier molecular flexibility index (Phi) is 8.44. The summed E-state index contributed by atoms with van der Waals surface area (Å²) in [4.78, 5) is 0. The summed E-state index contributed by atoms with van der Waals surface area (Å²) in [5, 5.41) is 1.87. The van der Waals surface area contributed by atoms with Gasteiger partial charge in [0.15, 0.2) is 0 Å². The molecule has 174 valence electrons. The van der Waals surface area contributed by atoms with Gasteiger partial charge in [-0.15, -0.1) is 0 Å². The maximum Gasteiger partial charge on any atom is 0.134 e. The summed E-state index contributed by atoms with van der Waals surface area (Å²) in [6.45, 7) is 4.32. The van der Waals surface area contributed by atoms with Crippen LogP contribution in [0.2, 0.25) is 0 Å². The first-order chi connectivity index (χ1) is 15.7. The van der Waals surface area contributed by atoms with E-state index < -0.39 is 0 Å². The van der Waals surface area contributed by atoms with Crippen LogP contribution in [0.25, 0.3) is 10.8 Å². The highest BCUT2D eigenvalue weighted by molar-refractivity contribution is 5.84. The normalized spacial score (nSPS) is 26.0. The molecule has 0 heterocycles. The Morgan fingerprint density at radius 3 is 2.62 bits per heavy atom. The number of rotatable bonds is 9. The van der Waals surface area contributed by atoms with E-state index in [9.17, 15) is 0 Å². The van der Waals surface area contributed by atoms with E-state index in [1.165, 1.54) is 76.2 Å². The largest absolute Gasteiger partial charge is 0.206 e. The van der Waals surface area contributed by atoms with Crippen LogP contribution in [0.4, 0.5) is 4.39 Å². The maximum atomic E-state index is 15.0. The van der Waals surface area contributed by atoms with Crippen LogP contribution in [-0.4, -0.2) is 0 Å². The van der Waals surface area contributed by atoms with Crippen molar-refractivity contribution in [1.29, 1.82) is 0 Å². The van der Waals surface area contributed by atoms with Gasteiger partial charge in [0, 0.05) is 5.39 Å². The summed E-state index contributed by atoms with van der Waals surface area (Å²) in [6, 6.07) is 10.7. The molecule has 2 aliphatic carbocycles. The van der Waals surface area contributed by atoms with Gasteiger partial charge in [0.05, 0.1) is 0 Å². The summed E-state index contributed by atoms with van der Waals surface area (Å²) >= 11 is 0. The monoisotopic (exact) mass is 434 g/mol. The van der Waals surface area contributed by atoms with Gasteiger partial charge in [-0.3, -0.25) is 0 Å². The van der Waals surface area contributed by atoms with Crippen molar-refractivity contribution in [3.05, 3.63) is 59.4 Å². The highest BCUT2D eigenvalue weighted by atomic mass is 19.1. The average Bonchev–Trinajstić information content (AvgIpc) is 2.83. The Labute approximate surface area is 195 Å². The highest BCUT2D eigenvalue weighted by Gasteiger charge is 2.35. The average molecular weight is 435 g/mol. The van der Waals surface area contributed by atoms with E-state index in [0.29, 0.717) is 5.92 Å². The van der Waals surface area contributed by atoms with Crippen molar-refractivity contribution in [1.82, 2.24) is 0 Å². The van der Waals surface area contributed by atoms with Crippen LogP contribution in [0.15, 0.2) is 42.5 Å². The van der Waals surface area contributed by atoms with Crippen LogP contribution >= 0.6 is 0 Å². The fraction of sp³-hybridized carbons (Fsp3) is 0.613. The van der Waals surface area contributed by atoms with Gasteiger partial charge in [-0.25, -0.2) is 4.39 Å². The lowest BCUT2D eigenvalue weighted by Crippen LogP contribution is -2.30. The molecular weight excluding hydrogens is 391 g/mol. The number of hydrogen-bond acceptors (Lipinski definition) is 0. The van der Waals surface area contributed by atoms with Gasteiger partial charge in [-0.2, -0.15) is 0 Å². The van der Waals surface area contributed by atoms with Crippen molar-refractivity contribution in [3.63, 3.8) is 0 Å². The van der Waals surface area contributed by atoms with Gasteiger partial charge in [0.25, 0.3) is 0 Å². The second-order valence-electron chi connectivity index (χ2n) is 10.7. The summed E-state index contributed by atoms with van der Waals surface area (Å²) in [5.41, 5.74) is 2.29. The molecule has 0 saturated heterocycles. The van der Waals surface area contributed by atoms with Crippen molar-refractivity contribution < 1.29 is 4.39 Å². The van der Waals surface area contributed by atoms with Crippen molar-refractivity contribution in [2.75, 3.05) is 0 Å². The van der Waals surface area contributed by atoms with Crippen LogP contribution in [-0.2, 0) is 6.42 Å². The summed E-state index contributed by atoms with van der Waals surface area (Å²) in [7, 11) is 0. The molecule has 4 atom stereocenters. The number of halogens is 1. The lowest BCUT2D eigenvalue weighted by Gasteiger charge is -2.42. The Bertz CT molecular complexity index is 895. The zero-order valence-electron chi connectivity index (χ0n) is 20.4. The van der Waals surface area contributed by atoms with Gasteiger partial charge in [0.2, 0.25) is 0 Å². The predicted octanol–water partition coefficient (Wildman–Crippen LogP) is 9.76. The zero-order valence-corrected chi connectivity index (χ0v) is 20.4. The smallest absolute Gasteiger partial charge is 0.134 e. The van der Waals surface area contributed by atoms with Gasteiger partial charge >= 0.3 is 0 Å². The molecule has 0 amide bonds. The number of hydrogen-bond donors (Lipinski definition) is 0. The van der Waals surface area contributed by atoms with Crippen LogP contribution in [0.1, 0.15) is 108 Å². The van der Waals surface area contributed by atoms with E-state index in [0.717, 1.165) is 46.9 Å². The molecular formula is C31H43F. The highest BCUT2D eigenvalue weighted by Crippen LogP contribution is 2.48. The molecule has 0 spiro atoms. The SMILES string of the molecule is C/C=C/CCc1ccc2cc(C3CCC4CC(CCCCCC)CCC4C3)ccc2c1F.